The zero-order chi connectivity index (χ0) is 23.6. The molecule has 1 aromatic carbocycles. The second-order valence-corrected chi connectivity index (χ2v) is 8.41. The van der Waals surface area contributed by atoms with E-state index in [1.165, 1.54) is 7.11 Å². The number of methoxy groups -OCH3 is 2. The molecule has 2 aromatic rings. The Morgan fingerprint density at radius 3 is 2.47 bits per heavy atom. The van der Waals surface area contributed by atoms with E-state index in [1.54, 1.807) is 37.1 Å². The molecular formula is C24H26Cl2N2O4. The summed E-state index contributed by atoms with van der Waals surface area (Å²) in [6.45, 7) is 6.63. The predicted octanol–water partition coefficient (Wildman–Crippen LogP) is 5.11. The van der Waals surface area contributed by atoms with Crippen LogP contribution in [-0.4, -0.2) is 48.7 Å². The maximum absolute atomic E-state index is 13.2. The molecule has 0 fully saturated rings. The molecule has 0 saturated heterocycles. The topological polar surface area (TPSA) is 60.8 Å². The Labute approximate surface area is 198 Å². The fourth-order valence-electron chi connectivity index (χ4n) is 3.99. The second-order valence-electron chi connectivity index (χ2n) is 7.57. The van der Waals surface area contributed by atoms with Crippen molar-refractivity contribution in [1.82, 2.24) is 9.47 Å². The van der Waals surface area contributed by atoms with E-state index in [1.807, 2.05) is 30.5 Å². The number of esters is 1. The van der Waals surface area contributed by atoms with Gasteiger partial charge in [-0.2, -0.15) is 0 Å². The summed E-state index contributed by atoms with van der Waals surface area (Å²) in [6, 6.07) is 7.27. The molecule has 0 aliphatic carbocycles. The van der Waals surface area contributed by atoms with Crippen LogP contribution in [-0.2, 0) is 19.1 Å². The van der Waals surface area contributed by atoms with Gasteiger partial charge in [-0.15, -0.1) is 0 Å². The minimum absolute atomic E-state index is 0.228. The Balaban J connectivity index is 2.08. The first-order chi connectivity index (χ1) is 15.2. The Morgan fingerprint density at radius 1 is 1.12 bits per heavy atom. The number of halogens is 2. The lowest BCUT2D eigenvalue weighted by atomic mass is 10.0. The third kappa shape index (κ3) is 4.49. The average molecular weight is 477 g/mol. The fourth-order valence-corrected chi connectivity index (χ4v) is 4.48. The Morgan fingerprint density at radius 2 is 1.84 bits per heavy atom. The molecule has 2 heterocycles. The second kappa shape index (κ2) is 9.94. The molecule has 1 aliphatic rings. The van der Waals surface area contributed by atoms with Gasteiger partial charge in [0.25, 0.3) is 5.91 Å². The number of hydrogen-bond donors (Lipinski definition) is 0. The molecule has 0 saturated carbocycles. The standard InChI is InChI=1S/C24H26Cl2N2O4/c1-14-11-17(15(2)28(14)21-8-7-18(25)13-20(21)26)12-19-22(24(30)32-5)16(3)27(23(19)29)9-6-10-31-4/h7-8,11-13H,6,9-10H2,1-5H3/b19-12+. The van der Waals surface area contributed by atoms with E-state index >= 15 is 0 Å². The molecular weight excluding hydrogens is 451 g/mol. The van der Waals surface area contributed by atoms with Crippen LogP contribution in [0.2, 0.25) is 10.0 Å². The molecule has 3 rings (SSSR count). The van der Waals surface area contributed by atoms with Crippen molar-refractivity contribution in [3.63, 3.8) is 0 Å². The zero-order valence-electron chi connectivity index (χ0n) is 18.8. The number of benzene rings is 1. The van der Waals surface area contributed by atoms with E-state index in [0.717, 1.165) is 22.6 Å². The number of carbonyl (C=O) groups excluding carboxylic acids is 2. The highest BCUT2D eigenvalue weighted by Gasteiger charge is 2.36. The van der Waals surface area contributed by atoms with Crippen LogP contribution in [0.15, 0.2) is 41.1 Å². The van der Waals surface area contributed by atoms with E-state index in [4.69, 9.17) is 32.7 Å². The summed E-state index contributed by atoms with van der Waals surface area (Å²) in [6.07, 6.45) is 2.40. The summed E-state index contributed by atoms with van der Waals surface area (Å²) >= 11 is 12.5. The highest BCUT2D eigenvalue weighted by molar-refractivity contribution is 6.35. The molecule has 0 bridgehead atoms. The first-order valence-electron chi connectivity index (χ1n) is 10.2. The summed E-state index contributed by atoms with van der Waals surface area (Å²) < 4.78 is 12.1. The van der Waals surface area contributed by atoms with Crippen molar-refractivity contribution in [2.75, 3.05) is 27.4 Å². The molecule has 0 spiro atoms. The number of amides is 1. The van der Waals surface area contributed by atoms with Crippen LogP contribution in [0.5, 0.6) is 0 Å². The van der Waals surface area contributed by atoms with Crippen LogP contribution in [0.3, 0.4) is 0 Å². The summed E-state index contributed by atoms with van der Waals surface area (Å²) in [7, 11) is 2.93. The monoisotopic (exact) mass is 476 g/mol. The van der Waals surface area contributed by atoms with E-state index in [-0.39, 0.29) is 11.5 Å². The largest absolute Gasteiger partial charge is 0.465 e. The first-order valence-corrected chi connectivity index (χ1v) is 10.9. The lowest BCUT2D eigenvalue weighted by molar-refractivity contribution is -0.136. The van der Waals surface area contributed by atoms with Crippen molar-refractivity contribution in [2.45, 2.75) is 27.2 Å². The van der Waals surface area contributed by atoms with E-state index in [9.17, 15) is 9.59 Å². The molecule has 1 aliphatic heterocycles. The summed E-state index contributed by atoms with van der Waals surface area (Å²) in [5.41, 5.74) is 4.59. The Bertz CT molecular complexity index is 1130. The molecule has 1 amide bonds. The van der Waals surface area contributed by atoms with Crippen molar-refractivity contribution in [3.8, 4) is 5.69 Å². The summed E-state index contributed by atoms with van der Waals surface area (Å²) in [5, 5.41) is 1.07. The molecule has 0 radical (unpaired) electrons. The van der Waals surface area contributed by atoms with Crippen molar-refractivity contribution in [3.05, 3.63) is 68.1 Å². The number of ether oxygens (including phenoxy) is 2. The lowest BCUT2D eigenvalue weighted by Gasteiger charge is -2.17. The maximum atomic E-state index is 13.2. The fraction of sp³-hybridized carbons (Fsp3) is 0.333. The van der Waals surface area contributed by atoms with Crippen molar-refractivity contribution in [1.29, 1.82) is 0 Å². The van der Waals surface area contributed by atoms with Crippen LogP contribution in [0.25, 0.3) is 11.8 Å². The molecule has 0 atom stereocenters. The first kappa shape index (κ1) is 24.1. The number of carbonyl (C=O) groups is 2. The molecule has 32 heavy (non-hydrogen) atoms. The van der Waals surface area contributed by atoms with Gasteiger partial charge in [-0.25, -0.2) is 4.79 Å². The highest BCUT2D eigenvalue weighted by Crippen LogP contribution is 2.34. The zero-order valence-corrected chi connectivity index (χ0v) is 20.3. The quantitative estimate of drug-likeness (QED) is 0.316. The number of rotatable bonds is 7. The number of hydrogen-bond acceptors (Lipinski definition) is 4. The summed E-state index contributed by atoms with van der Waals surface area (Å²) in [5.74, 6) is -0.765. The number of aryl methyl sites for hydroxylation is 1. The SMILES string of the molecule is COCCCN1C(=O)/C(=C/c2cc(C)n(-c3ccc(Cl)cc3Cl)c2C)C(C(=O)OC)=C1C. The highest BCUT2D eigenvalue weighted by atomic mass is 35.5. The maximum Gasteiger partial charge on any atom is 0.340 e. The van der Waals surface area contributed by atoms with Gasteiger partial charge in [-0.3, -0.25) is 4.79 Å². The third-order valence-electron chi connectivity index (χ3n) is 5.55. The van der Waals surface area contributed by atoms with Gasteiger partial charge < -0.3 is 18.9 Å². The average Bonchev–Trinajstić information content (AvgIpc) is 3.15. The van der Waals surface area contributed by atoms with Crippen LogP contribution in [0, 0.1) is 13.8 Å². The van der Waals surface area contributed by atoms with Gasteiger partial charge >= 0.3 is 5.97 Å². The van der Waals surface area contributed by atoms with E-state index in [0.29, 0.717) is 40.9 Å². The van der Waals surface area contributed by atoms with Crippen LogP contribution in [0.1, 0.15) is 30.3 Å². The van der Waals surface area contributed by atoms with Crippen LogP contribution >= 0.6 is 23.2 Å². The van der Waals surface area contributed by atoms with Crippen LogP contribution in [0.4, 0.5) is 0 Å². The van der Waals surface area contributed by atoms with Crippen molar-refractivity contribution < 1.29 is 19.1 Å². The van der Waals surface area contributed by atoms with Crippen molar-refractivity contribution >= 4 is 41.2 Å². The van der Waals surface area contributed by atoms with Gasteiger partial charge in [-0.1, -0.05) is 23.2 Å². The van der Waals surface area contributed by atoms with Gasteiger partial charge in [0.2, 0.25) is 0 Å². The van der Waals surface area contributed by atoms with Crippen LogP contribution < -0.4 is 0 Å². The van der Waals surface area contributed by atoms with E-state index in [2.05, 4.69) is 0 Å². The van der Waals surface area contributed by atoms with Gasteiger partial charge in [0.15, 0.2) is 0 Å². The van der Waals surface area contributed by atoms with Gasteiger partial charge in [0.05, 0.1) is 29.0 Å². The normalized spacial score (nSPS) is 15.3. The minimum atomic E-state index is -0.536. The minimum Gasteiger partial charge on any atom is -0.465 e. The molecule has 6 nitrogen and oxygen atoms in total. The summed E-state index contributed by atoms with van der Waals surface area (Å²) in [4.78, 5) is 27.4. The number of allylic oxidation sites excluding steroid dienone is 1. The third-order valence-corrected chi connectivity index (χ3v) is 6.09. The number of aromatic nitrogens is 1. The van der Waals surface area contributed by atoms with E-state index < -0.39 is 5.97 Å². The Hall–Kier alpha value is -2.54. The molecule has 0 unspecified atom stereocenters. The molecule has 8 heteroatoms. The lowest BCUT2D eigenvalue weighted by Crippen LogP contribution is -2.26. The van der Waals surface area contributed by atoms with Crippen molar-refractivity contribution in [2.24, 2.45) is 0 Å². The Kier molecular flexibility index (Phi) is 7.49. The van der Waals surface area contributed by atoms with Gasteiger partial charge in [-0.05, 0) is 63.1 Å². The molecule has 1 aromatic heterocycles. The molecule has 0 N–H and O–H groups in total. The van der Waals surface area contributed by atoms with Gasteiger partial charge in [0, 0.05) is 42.4 Å². The number of nitrogens with zero attached hydrogens (tertiary/aromatic N) is 2. The smallest absolute Gasteiger partial charge is 0.340 e. The van der Waals surface area contributed by atoms with Gasteiger partial charge in [0.1, 0.15) is 0 Å². The predicted molar refractivity (Wildman–Crippen MR) is 126 cm³/mol. The molecule has 170 valence electrons.